The number of aryl methyl sites for hydroxylation is 1. The monoisotopic (exact) mass is 333 g/mol. The second kappa shape index (κ2) is 7.85. The highest BCUT2D eigenvalue weighted by Crippen LogP contribution is 2.02. The van der Waals surface area contributed by atoms with Gasteiger partial charge in [0.05, 0.1) is 5.75 Å². The highest BCUT2D eigenvalue weighted by Gasteiger charge is 2.11. The van der Waals surface area contributed by atoms with Gasteiger partial charge in [0.2, 0.25) is 10.0 Å². The van der Waals surface area contributed by atoms with E-state index in [0.29, 0.717) is 5.56 Å². The molecule has 0 aliphatic carbocycles. The second-order valence-corrected chi connectivity index (χ2v) is 7.05. The molecule has 23 heavy (non-hydrogen) atoms. The minimum Gasteiger partial charge on any atom is -0.351 e. The molecule has 0 aliphatic heterocycles. The second-order valence-electron chi connectivity index (χ2n) is 5.12. The molecule has 0 radical (unpaired) electrons. The quantitative estimate of drug-likeness (QED) is 0.798. The van der Waals surface area contributed by atoms with Crippen LogP contribution in [-0.4, -0.2) is 31.6 Å². The molecule has 2 rings (SSSR count). The van der Waals surface area contributed by atoms with Crippen LogP contribution in [-0.2, 0) is 16.6 Å². The molecule has 0 saturated carbocycles. The van der Waals surface area contributed by atoms with Gasteiger partial charge in [-0.3, -0.25) is 9.78 Å². The van der Waals surface area contributed by atoms with E-state index in [1.165, 1.54) is 0 Å². The number of hydrogen-bond donors (Lipinski definition) is 2. The normalized spacial score (nSPS) is 11.2. The molecule has 0 spiro atoms. The summed E-state index contributed by atoms with van der Waals surface area (Å²) in [7, 11) is -3.46. The number of rotatable bonds is 7. The first kappa shape index (κ1) is 17.1. The van der Waals surface area contributed by atoms with Gasteiger partial charge in [-0.25, -0.2) is 13.1 Å². The van der Waals surface area contributed by atoms with E-state index in [2.05, 4.69) is 15.0 Å². The van der Waals surface area contributed by atoms with Gasteiger partial charge in [0.25, 0.3) is 5.91 Å². The summed E-state index contributed by atoms with van der Waals surface area (Å²) in [5, 5.41) is 2.60. The lowest BCUT2D eigenvalue weighted by atomic mass is 10.1. The zero-order valence-electron chi connectivity index (χ0n) is 12.8. The topological polar surface area (TPSA) is 88.2 Å². The SMILES string of the molecule is Cc1ccc(C(=O)NCCS(=O)(=O)NCc2cccnc2)cc1. The Kier molecular flexibility index (Phi) is 5.84. The van der Waals surface area contributed by atoms with Crippen LogP contribution < -0.4 is 10.0 Å². The summed E-state index contributed by atoms with van der Waals surface area (Å²) in [5.41, 5.74) is 2.35. The molecule has 7 heteroatoms. The fraction of sp³-hybridized carbons (Fsp3) is 0.250. The fourth-order valence-electron chi connectivity index (χ4n) is 1.87. The van der Waals surface area contributed by atoms with Crippen molar-refractivity contribution in [3.8, 4) is 0 Å². The standard InChI is InChI=1S/C16H19N3O3S/c1-13-4-6-15(7-5-13)16(20)18-9-10-23(21,22)19-12-14-3-2-8-17-11-14/h2-8,11,19H,9-10,12H2,1H3,(H,18,20). The Bertz CT molecular complexity index is 744. The number of pyridine rings is 1. The van der Waals surface area contributed by atoms with Crippen molar-refractivity contribution in [3.63, 3.8) is 0 Å². The summed E-state index contributed by atoms with van der Waals surface area (Å²) in [6.45, 7) is 2.17. The Labute approximate surface area is 136 Å². The molecule has 2 N–H and O–H groups in total. The number of benzene rings is 1. The van der Waals surface area contributed by atoms with Crippen LogP contribution in [0.3, 0.4) is 0 Å². The number of hydrogen-bond acceptors (Lipinski definition) is 4. The summed E-state index contributed by atoms with van der Waals surface area (Å²) in [6.07, 6.45) is 3.22. The zero-order valence-corrected chi connectivity index (χ0v) is 13.6. The summed E-state index contributed by atoms with van der Waals surface area (Å²) in [4.78, 5) is 15.8. The number of aromatic nitrogens is 1. The van der Waals surface area contributed by atoms with Crippen molar-refractivity contribution in [2.75, 3.05) is 12.3 Å². The number of nitrogens with zero attached hydrogens (tertiary/aromatic N) is 1. The molecule has 0 aliphatic rings. The van der Waals surface area contributed by atoms with Gasteiger partial charge < -0.3 is 5.32 Å². The lowest BCUT2D eigenvalue weighted by Gasteiger charge is -2.08. The predicted octanol–water partition coefficient (Wildman–Crippen LogP) is 1.24. The van der Waals surface area contributed by atoms with E-state index < -0.39 is 10.0 Å². The Morgan fingerprint density at radius 3 is 2.57 bits per heavy atom. The van der Waals surface area contributed by atoms with Crippen molar-refractivity contribution in [2.45, 2.75) is 13.5 Å². The lowest BCUT2D eigenvalue weighted by Crippen LogP contribution is -2.34. The Balaban J connectivity index is 1.78. The number of sulfonamides is 1. The average molecular weight is 333 g/mol. The third-order valence-electron chi connectivity index (χ3n) is 3.19. The maximum Gasteiger partial charge on any atom is 0.251 e. The summed E-state index contributed by atoms with van der Waals surface area (Å²) in [5.74, 6) is -0.460. The van der Waals surface area contributed by atoms with Crippen molar-refractivity contribution < 1.29 is 13.2 Å². The van der Waals surface area contributed by atoms with E-state index >= 15 is 0 Å². The highest BCUT2D eigenvalue weighted by molar-refractivity contribution is 7.89. The first-order valence-corrected chi connectivity index (χ1v) is 8.82. The largest absolute Gasteiger partial charge is 0.351 e. The summed E-state index contributed by atoms with van der Waals surface area (Å²) >= 11 is 0. The van der Waals surface area contributed by atoms with Crippen LogP contribution in [0.25, 0.3) is 0 Å². The molecule has 0 fully saturated rings. The van der Waals surface area contributed by atoms with E-state index in [-0.39, 0.29) is 24.7 Å². The molecule has 0 bridgehead atoms. The van der Waals surface area contributed by atoms with Gasteiger partial charge in [-0.05, 0) is 30.7 Å². The first-order valence-electron chi connectivity index (χ1n) is 7.17. The van der Waals surface area contributed by atoms with E-state index in [4.69, 9.17) is 0 Å². The first-order chi connectivity index (χ1) is 11.0. The Hall–Kier alpha value is -2.25. The van der Waals surface area contributed by atoms with Crippen LogP contribution in [0, 0.1) is 6.92 Å². The molecule has 0 atom stereocenters. The maximum atomic E-state index is 11.9. The smallest absolute Gasteiger partial charge is 0.251 e. The number of nitrogens with one attached hydrogen (secondary N) is 2. The van der Waals surface area contributed by atoms with E-state index in [1.54, 1.807) is 36.7 Å². The molecule has 1 heterocycles. The molecule has 2 aromatic rings. The van der Waals surface area contributed by atoms with Crippen LogP contribution in [0.1, 0.15) is 21.5 Å². The van der Waals surface area contributed by atoms with Crippen LogP contribution >= 0.6 is 0 Å². The maximum absolute atomic E-state index is 11.9. The van der Waals surface area contributed by atoms with Gasteiger partial charge in [-0.15, -0.1) is 0 Å². The minimum atomic E-state index is -3.46. The van der Waals surface area contributed by atoms with Gasteiger partial charge in [0, 0.05) is 31.0 Å². The molecular formula is C16H19N3O3S. The number of carbonyl (C=O) groups is 1. The number of amides is 1. The van der Waals surface area contributed by atoms with Crippen LogP contribution in [0.5, 0.6) is 0 Å². The molecule has 122 valence electrons. The van der Waals surface area contributed by atoms with Gasteiger partial charge in [0.15, 0.2) is 0 Å². The predicted molar refractivity (Wildman–Crippen MR) is 88.4 cm³/mol. The van der Waals surface area contributed by atoms with Crippen molar-refractivity contribution in [1.29, 1.82) is 0 Å². The van der Waals surface area contributed by atoms with Crippen LogP contribution in [0.2, 0.25) is 0 Å². The van der Waals surface area contributed by atoms with Crippen LogP contribution in [0.4, 0.5) is 0 Å². The molecule has 1 aromatic carbocycles. The van der Waals surface area contributed by atoms with Crippen molar-refractivity contribution >= 4 is 15.9 Å². The minimum absolute atomic E-state index is 0.0507. The third kappa shape index (κ3) is 5.80. The molecule has 6 nitrogen and oxygen atoms in total. The zero-order chi connectivity index (χ0) is 16.7. The van der Waals surface area contributed by atoms with Gasteiger partial charge >= 0.3 is 0 Å². The van der Waals surface area contributed by atoms with Crippen molar-refractivity contribution in [2.24, 2.45) is 0 Å². The van der Waals surface area contributed by atoms with Crippen LogP contribution in [0.15, 0.2) is 48.8 Å². The Morgan fingerprint density at radius 1 is 1.17 bits per heavy atom. The third-order valence-corrected chi connectivity index (χ3v) is 4.51. The summed E-state index contributed by atoms with van der Waals surface area (Å²) in [6, 6.07) is 10.6. The van der Waals surface area contributed by atoms with E-state index in [1.807, 2.05) is 19.1 Å². The fourth-order valence-corrected chi connectivity index (χ4v) is 2.78. The van der Waals surface area contributed by atoms with Gasteiger partial charge in [-0.2, -0.15) is 0 Å². The Morgan fingerprint density at radius 2 is 1.91 bits per heavy atom. The van der Waals surface area contributed by atoms with E-state index in [0.717, 1.165) is 11.1 Å². The average Bonchev–Trinajstić information content (AvgIpc) is 2.54. The summed E-state index contributed by atoms with van der Waals surface area (Å²) < 4.78 is 26.2. The highest BCUT2D eigenvalue weighted by atomic mass is 32.2. The van der Waals surface area contributed by atoms with E-state index in [9.17, 15) is 13.2 Å². The molecule has 1 amide bonds. The van der Waals surface area contributed by atoms with Crippen molar-refractivity contribution in [1.82, 2.24) is 15.0 Å². The molecular weight excluding hydrogens is 314 g/mol. The van der Waals surface area contributed by atoms with Gasteiger partial charge in [0.1, 0.15) is 0 Å². The lowest BCUT2D eigenvalue weighted by molar-refractivity contribution is 0.0956. The number of carbonyl (C=O) groups excluding carboxylic acids is 1. The van der Waals surface area contributed by atoms with Crippen molar-refractivity contribution in [3.05, 3.63) is 65.5 Å². The van der Waals surface area contributed by atoms with Gasteiger partial charge in [-0.1, -0.05) is 23.8 Å². The molecule has 1 aromatic heterocycles. The molecule has 0 unspecified atom stereocenters. The molecule has 0 saturated heterocycles.